The molecule has 0 atom stereocenters. The second-order valence-electron chi connectivity index (χ2n) is 4.08. The van der Waals surface area contributed by atoms with Gasteiger partial charge in [0.2, 0.25) is 0 Å². The first-order valence-corrected chi connectivity index (χ1v) is 6.80. The molecule has 0 spiro atoms. The number of anilines is 1. The van der Waals surface area contributed by atoms with Crippen LogP contribution in [0.4, 0.5) is 11.4 Å². The fourth-order valence-electron chi connectivity index (χ4n) is 1.73. The van der Waals surface area contributed by atoms with Crippen molar-refractivity contribution >= 4 is 34.0 Å². The smallest absolute Gasteiger partial charge is 0.293 e. The quantitative estimate of drug-likeness (QED) is 0.498. The van der Waals surface area contributed by atoms with E-state index in [0.717, 1.165) is 15.7 Å². The van der Waals surface area contributed by atoms with E-state index in [4.69, 9.17) is 0 Å². The van der Waals surface area contributed by atoms with Crippen molar-refractivity contribution < 1.29 is 4.92 Å². The van der Waals surface area contributed by atoms with Crippen LogP contribution in [0.5, 0.6) is 0 Å². The van der Waals surface area contributed by atoms with Gasteiger partial charge < -0.3 is 5.32 Å². The number of nitro groups is 1. The average molecular weight is 372 g/mol. The molecule has 0 saturated heterocycles. The SMILES string of the molecule is Cn1ccc(CCNc2ccc(I)cc2[N+](=O)[O-])n1. The maximum atomic E-state index is 11.0. The normalized spacial score (nSPS) is 10.4. The highest BCUT2D eigenvalue weighted by atomic mass is 127. The standard InChI is InChI=1S/C12H13IN4O2/c1-16-7-5-10(15-16)4-6-14-11-3-2-9(13)8-12(11)17(18)19/h2-3,5,7-8,14H,4,6H2,1H3. The fraction of sp³-hybridized carbons (Fsp3) is 0.250. The summed E-state index contributed by atoms with van der Waals surface area (Å²) in [6, 6.07) is 7.07. The van der Waals surface area contributed by atoms with Crippen LogP contribution >= 0.6 is 22.6 Å². The first-order chi connectivity index (χ1) is 9.06. The number of nitrogens with zero attached hydrogens (tertiary/aromatic N) is 3. The third kappa shape index (κ3) is 3.66. The monoisotopic (exact) mass is 372 g/mol. The Morgan fingerprint density at radius 3 is 2.89 bits per heavy atom. The molecular formula is C12H13IN4O2. The van der Waals surface area contributed by atoms with Crippen LogP contribution in [0, 0.1) is 13.7 Å². The Labute approximate surface area is 124 Å². The Hall–Kier alpha value is -1.64. The number of halogens is 1. The van der Waals surface area contributed by atoms with Crippen molar-refractivity contribution in [3.8, 4) is 0 Å². The molecule has 0 aliphatic carbocycles. The van der Waals surface area contributed by atoms with Gasteiger partial charge >= 0.3 is 0 Å². The van der Waals surface area contributed by atoms with Crippen LogP contribution in [0.2, 0.25) is 0 Å². The van der Waals surface area contributed by atoms with E-state index >= 15 is 0 Å². The van der Waals surface area contributed by atoms with Crippen molar-refractivity contribution in [1.29, 1.82) is 0 Å². The molecular weight excluding hydrogens is 359 g/mol. The third-order valence-corrected chi connectivity index (χ3v) is 3.29. The zero-order chi connectivity index (χ0) is 13.8. The number of hydrogen-bond donors (Lipinski definition) is 1. The number of rotatable bonds is 5. The molecule has 0 aliphatic rings. The third-order valence-electron chi connectivity index (χ3n) is 2.62. The highest BCUT2D eigenvalue weighted by Gasteiger charge is 2.13. The van der Waals surface area contributed by atoms with Gasteiger partial charge in [-0.1, -0.05) is 0 Å². The molecule has 2 rings (SSSR count). The van der Waals surface area contributed by atoms with Crippen LogP contribution in [0.25, 0.3) is 0 Å². The van der Waals surface area contributed by atoms with Gasteiger partial charge in [-0.3, -0.25) is 14.8 Å². The topological polar surface area (TPSA) is 73.0 Å². The van der Waals surface area contributed by atoms with Crippen molar-refractivity contribution in [2.45, 2.75) is 6.42 Å². The number of aromatic nitrogens is 2. The molecule has 19 heavy (non-hydrogen) atoms. The van der Waals surface area contributed by atoms with E-state index in [9.17, 15) is 10.1 Å². The van der Waals surface area contributed by atoms with E-state index in [1.54, 1.807) is 16.8 Å². The van der Waals surface area contributed by atoms with Crippen LogP contribution in [-0.2, 0) is 13.5 Å². The summed E-state index contributed by atoms with van der Waals surface area (Å²) in [6.07, 6.45) is 2.60. The highest BCUT2D eigenvalue weighted by Crippen LogP contribution is 2.26. The van der Waals surface area contributed by atoms with E-state index in [-0.39, 0.29) is 10.6 Å². The Kier molecular flexibility index (Phi) is 4.35. The summed E-state index contributed by atoms with van der Waals surface area (Å²) in [5.41, 5.74) is 1.61. The first kappa shape index (κ1) is 13.8. The highest BCUT2D eigenvalue weighted by molar-refractivity contribution is 14.1. The molecule has 1 aromatic carbocycles. The second-order valence-corrected chi connectivity index (χ2v) is 5.32. The fourth-order valence-corrected chi connectivity index (χ4v) is 2.20. The van der Waals surface area contributed by atoms with Gasteiger partial charge in [0.05, 0.1) is 10.6 Å². The molecule has 7 heteroatoms. The Morgan fingerprint density at radius 1 is 1.47 bits per heavy atom. The van der Waals surface area contributed by atoms with E-state index in [2.05, 4.69) is 33.0 Å². The molecule has 1 aromatic heterocycles. The maximum absolute atomic E-state index is 11.0. The number of nitrogens with one attached hydrogen (secondary N) is 1. The summed E-state index contributed by atoms with van der Waals surface area (Å²) < 4.78 is 2.59. The Bertz CT molecular complexity index is 597. The van der Waals surface area contributed by atoms with Gasteiger partial charge in [0, 0.05) is 35.8 Å². The zero-order valence-electron chi connectivity index (χ0n) is 10.3. The van der Waals surface area contributed by atoms with Crippen molar-refractivity contribution in [2.75, 3.05) is 11.9 Å². The lowest BCUT2D eigenvalue weighted by Gasteiger charge is -2.06. The molecule has 0 bridgehead atoms. The van der Waals surface area contributed by atoms with Crippen molar-refractivity contribution in [2.24, 2.45) is 7.05 Å². The van der Waals surface area contributed by atoms with Gasteiger partial charge in [-0.2, -0.15) is 5.10 Å². The molecule has 2 aromatic rings. The molecule has 0 amide bonds. The van der Waals surface area contributed by atoms with E-state index < -0.39 is 0 Å². The maximum Gasteiger partial charge on any atom is 0.293 e. The van der Waals surface area contributed by atoms with Crippen molar-refractivity contribution in [3.63, 3.8) is 0 Å². The number of nitro benzene ring substituents is 1. The van der Waals surface area contributed by atoms with E-state index in [1.807, 2.05) is 25.4 Å². The summed E-state index contributed by atoms with van der Waals surface area (Å²) in [7, 11) is 1.86. The molecule has 0 aliphatic heterocycles. The minimum absolute atomic E-state index is 0.105. The van der Waals surface area contributed by atoms with Gasteiger partial charge in [0.15, 0.2) is 0 Å². The first-order valence-electron chi connectivity index (χ1n) is 5.72. The summed E-state index contributed by atoms with van der Waals surface area (Å²) in [5.74, 6) is 0. The van der Waals surface area contributed by atoms with Crippen LogP contribution in [0.1, 0.15) is 5.69 Å². The van der Waals surface area contributed by atoms with Crippen LogP contribution < -0.4 is 5.32 Å². The van der Waals surface area contributed by atoms with Crippen molar-refractivity contribution in [1.82, 2.24) is 9.78 Å². The lowest BCUT2D eigenvalue weighted by Crippen LogP contribution is -2.07. The molecule has 100 valence electrons. The molecule has 1 heterocycles. The molecule has 0 saturated carbocycles. The Balaban J connectivity index is 2.01. The number of hydrogen-bond acceptors (Lipinski definition) is 4. The molecule has 1 N–H and O–H groups in total. The molecule has 0 unspecified atom stereocenters. The molecule has 0 radical (unpaired) electrons. The number of aryl methyl sites for hydroxylation is 1. The summed E-state index contributed by atoms with van der Waals surface area (Å²) in [4.78, 5) is 10.6. The van der Waals surface area contributed by atoms with Gasteiger partial charge in [0.25, 0.3) is 5.69 Å². The van der Waals surface area contributed by atoms with Crippen LogP contribution in [0.3, 0.4) is 0 Å². The predicted molar refractivity (Wildman–Crippen MR) is 81.2 cm³/mol. The van der Waals surface area contributed by atoms with E-state index in [1.165, 1.54) is 0 Å². The van der Waals surface area contributed by atoms with Gasteiger partial charge in [-0.05, 0) is 40.8 Å². The summed E-state index contributed by atoms with van der Waals surface area (Å²) in [5, 5.41) is 18.3. The summed E-state index contributed by atoms with van der Waals surface area (Å²) >= 11 is 2.06. The second kappa shape index (κ2) is 6.00. The van der Waals surface area contributed by atoms with E-state index in [0.29, 0.717) is 12.2 Å². The van der Waals surface area contributed by atoms with Gasteiger partial charge in [-0.25, -0.2) is 0 Å². The number of benzene rings is 1. The Morgan fingerprint density at radius 2 is 2.26 bits per heavy atom. The molecule has 6 nitrogen and oxygen atoms in total. The van der Waals surface area contributed by atoms with Crippen LogP contribution in [0.15, 0.2) is 30.5 Å². The predicted octanol–water partition coefficient (Wildman–Crippen LogP) is 2.59. The minimum atomic E-state index is -0.370. The van der Waals surface area contributed by atoms with Crippen molar-refractivity contribution in [3.05, 3.63) is 49.8 Å². The van der Waals surface area contributed by atoms with Gasteiger partial charge in [0.1, 0.15) is 5.69 Å². The minimum Gasteiger partial charge on any atom is -0.379 e. The average Bonchev–Trinajstić information content (AvgIpc) is 2.77. The molecule has 0 fully saturated rings. The van der Waals surface area contributed by atoms with Crippen LogP contribution in [-0.4, -0.2) is 21.2 Å². The lowest BCUT2D eigenvalue weighted by molar-refractivity contribution is -0.384. The zero-order valence-corrected chi connectivity index (χ0v) is 12.5. The summed E-state index contributed by atoms with van der Waals surface area (Å²) in [6.45, 7) is 0.610. The largest absolute Gasteiger partial charge is 0.379 e. The van der Waals surface area contributed by atoms with Gasteiger partial charge in [-0.15, -0.1) is 0 Å². The lowest BCUT2D eigenvalue weighted by atomic mass is 10.2.